The fraction of sp³-hybridized carbons (Fsp3) is 0.667. The zero-order chi connectivity index (χ0) is 17.8. The fourth-order valence-electron chi connectivity index (χ4n) is 3.71. The molecule has 1 aliphatic rings. The number of hydrogen-bond acceptors (Lipinski definition) is 3. The first kappa shape index (κ1) is 19.2. The van der Waals surface area contributed by atoms with E-state index in [4.69, 9.17) is 0 Å². The van der Waals surface area contributed by atoms with Crippen LogP contribution in [0.5, 0.6) is 0 Å². The van der Waals surface area contributed by atoms with E-state index in [1.54, 1.807) is 6.07 Å². The van der Waals surface area contributed by atoms with Crippen molar-refractivity contribution in [2.24, 2.45) is 0 Å². The monoisotopic (exact) mass is 344 g/mol. The molecule has 0 saturated carbocycles. The number of aliphatic hydroxyl groups excluding tert-OH is 1. The number of benzene rings is 1. The van der Waals surface area contributed by atoms with Crippen LogP contribution in [0.1, 0.15) is 30.4 Å². The topological polar surface area (TPSA) is 26.7 Å². The van der Waals surface area contributed by atoms with Gasteiger partial charge in [-0.15, -0.1) is 0 Å². The number of likely N-dealkylation sites (tertiary alicyclic amines) is 1. The molecule has 1 aliphatic heterocycles. The molecular weight excluding hydrogens is 317 g/mol. The van der Waals surface area contributed by atoms with Gasteiger partial charge < -0.3 is 10.0 Å². The van der Waals surface area contributed by atoms with Gasteiger partial charge in [-0.2, -0.15) is 13.2 Å². The molecule has 0 amide bonds. The second-order valence-corrected chi connectivity index (χ2v) is 6.91. The molecule has 1 aromatic rings. The molecule has 1 saturated heterocycles. The number of aryl methyl sites for hydroxylation is 1. The summed E-state index contributed by atoms with van der Waals surface area (Å²) in [6.45, 7) is 2.59. The van der Waals surface area contributed by atoms with Gasteiger partial charge >= 0.3 is 6.18 Å². The Bertz CT molecular complexity index is 535. The van der Waals surface area contributed by atoms with Crippen molar-refractivity contribution in [1.29, 1.82) is 0 Å². The van der Waals surface area contributed by atoms with E-state index in [1.165, 1.54) is 12.1 Å². The second-order valence-electron chi connectivity index (χ2n) is 6.91. The third-order valence-electron chi connectivity index (χ3n) is 5.12. The van der Waals surface area contributed by atoms with Crippen LogP contribution in [0.4, 0.5) is 13.2 Å². The van der Waals surface area contributed by atoms with Crippen LogP contribution in [0.15, 0.2) is 24.3 Å². The number of aliphatic hydroxyl groups is 1. The highest BCUT2D eigenvalue weighted by molar-refractivity contribution is 5.26. The van der Waals surface area contributed by atoms with Gasteiger partial charge in [-0.3, -0.25) is 4.90 Å². The normalized spacial score (nSPS) is 23.0. The standard InChI is InChI=1S/C18H27F3N2O/c1-22-10-4-8-17(14-22,23(2)11-12-24)9-7-15-5-3-6-16(13-15)18(19,20)21/h3,5-6,13,24H,4,7-12,14H2,1-2H3/t17-/m0/s1. The van der Waals surface area contributed by atoms with Crippen LogP contribution in [-0.2, 0) is 12.6 Å². The van der Waals surface area contributed by atoms with Crippen LogP contribution in [0.3, 0.4) is 0 Å². The van der Waals surface area contributed by atoms with E-state index in [0.717, 1.165) is 44.0 Å². The zero-order valence-electron chi connectivity index (χ0n) is 14.4. The van der Waals surface area contributed by atoms with E-state index < -0.39 is 11.7 Å². The molecule has 24 heavy (non-hydrogen) atoms. The van der Waals surface area contributed by atoms with Crippen LogP contribution in [0.2, 0.25) is 0 Å². The molecule has 0 unspecified atom stereocenters. The minimum atomic E-state index is -4.30. The molecule has 1 heterocycles. The van der Waals surface area contributed by atoms with Crippen LogP contribution in [0, 0.1) is 0 Å². The maximum atomic E-state index is 12.9. The highest BCUT2D eigenvalue weighted by Gasteiger charge is 2.37. The lowest BCUT2D eigenvalue weighted by atomic mass is 9.82. The van der Waals surface area contributed by atoms with E-state index in [-0.39, 0.29) is 12.1 Å². The van der Waals surface area contributed by atoms with E-state index in [9.17, 15) is 18.3 Å². The summed E-state index contributed by atoms with van der Waals surface area (Å²) in [4.78, 5) is 4.44. The van der Waals surface area contributed by atoms with Crippen molar-refractivity contribution in [1.82, 2.24) is 9.80 Å². The Morgan fingerprint density at radius 1 is 1.33 bits per heavy atom. The minimum Gasteiger partial charge on any atom is -0.395 e. The molecule has 6 heteroatoms. The smallest absolute Gasteiger partial charge is 0.395 e. The van der Waals surface area contributed by atoms with Crippen LogP contribution >= 0.6 is 0 Å². The number of alkyl halides is 3. The Balaban J connectivity index is 2.13. The summed E-state index contributed by atoms with van der Waals surface area (Å²) < 4.78 is 38.6. The van der Waals surface area contributed by atoms with Crippen molar-refractivity contribution in [3.63, 3.8) is 0 Å². The fourth-order valence-corrected chi connectivity index (χ4v) is 3.71. The summed E-state index contributed by atoms with van der Waals surface area (Å²) in [5.74, 6) is 0. The molecule has 2 rings (SSSR count). The minimum absolute atomic E-state index is 0.0888. The van der Waals surface area contributed by atoms with Gasteiger partial charge in [-0.25, -0.2) is 0 Å². The first-order valence-electron chi connectivity index (χ1n) is 8.44. The second kappa shape index (κ2) is 7.85. The van der Waals surface area contributed by atoms with Crippen molar-refractivity contribution >= 4 is 0 Å². The van der Waals surface area contributed by atoms with Gasteiger partial charge in [0.15, 0.2) is 0 Å². The zero-order valence-corrected chi connectivity index (χ0v) is 14.4. The van der Waals surface area contributed by atoms with Gasteiger partial charge in [0.05, 0.1) is 12.2 Å². The van der Waals surface area contributed by atoms with Gasteiger partial charge in [0, 0.05) is 18.6 Å². The average molecular weight is 344 g/mol. The lowest BCUT2D eigenvalue weighted by molar-refractivity contribution is -0.137. The number of likely N-dealkylation sites (N-methyl/N-ethyl adjacent to an activating group) is 2. The predicted molar refractivity (Wildman–Crippen MR) is 88.9 cm³/mol. The van der Waals surface area contributed by atoms with E-state index in [1.807, 2.05) is 7.05 Å². The van der Waals surface area contributed by atoms with Gasteiger partial charge in [-0.1, -0.05) is 18.2 Å². The van der Waals surface area contributed by atoms with E-state index >= 15 is 0 Å². The van der Waals surface area contributed by atoms with Gasteiger partial charge in [0.25, 0.3) is 0 Å². The van der Waals surface area contributed by atoms with Crippen LogP contribution in [-0.4, -0.2) is 60.8 Å². The number of rotatable bonds is 6. The number of nitrogens with zero attached hydrogens (tertiary/aromatic N) is 2. The highest BCUT2D eigenvalue weighted by Crippen LogP contribution is 2.33. The third-order valence-corrected chi connectivity index (χ3v) is 5.12. The number of halogens is 3. The van der Waals surface area contributed by atoms with Crippen molar-refractivity contribution in [2.75, 3.05) is 40.3 Å². The quantitative estimate of drug-likeness (QED) is 0.859. The molecule has 0 aromatic heterocycles. The Kier molecular flexibility index (Phi) is 6.28. The molecule has 0 spiro atoms. The van der Waals surface area contributed by atoms with Gasteiger partial charge in [-0.05, 0) is 58.0 Å². The molecule has 1 fully saturated rings. The first-order chi connectivity index (χ1) is 11.3. The van der Waals surface area contributed by atoms with Crippen molar-refractivity contribution in [2.45, 2.75) is 37.4 Å². The number of piperidine rings is 1. The summed E-state index contributed by atoms with van der Waals surface area (Å²) in [5.41, 5.74) is 0.0394. The summed E-state index contributed by atoms with van der Waals surface area (Å²) in [5, 5.41) is 9.28. The Hall–Kier alpha value is -1.11. The van der Waals surface area contributed by atoms with E-state index in [2.05, 4.69) is 16.8 Å². The van der Waals surface area contributed by atoms with Crippen LogP contribution < -0.4 is 0 Å². The number of hydrogen-bond donors (Lipinski definition) is 1. The third kappa shape index (κ3) is 4.71. The maximum Gasteiger partial charge on any atom is 0.416 e. The van der Waals surface area contributed by atoms with Gasteiger partial charge in [0.1, 0.15) is 0 Å². The molecule has 0 radical (unpaired) electrons. The highest BCUT2D eigenvalue weighted by atomic mass is 19.4. The van der Waals surface area contributed by atoms with Crippen molar-refractivity contribution in [3.05, 3.63) is 35.4 Å². The summed E-state index contributed by atoms with van der Waals surface area (Å²) in [6.07, 6.45) is -0.837. The maximum absolute atomic E-state index is 12.9. The molecular formula is C18H27F3N2O. The largest absolute Gasteiger partial charge is 0.416 e. The summed E-state index contributed by atoms with van der Waals surface area (Å²) in [7, 11) is 4.08. The lowest BCUT2D eigenvalue weighted by Crippen LogP contribution is -2.57. The lowest BCUT2D eigenvalue weighted by Gasteiger charge is -2.48. The van der Waals surface area contributed by atoms with Crippen LogP contribution in [0.25, 0.3) is 0 Å². The summed E-state index contributed by atoms with van der Waals surface area (Å²) >= 11 is 0. The Morgan fingerprint density at radius 2 is 2.08 bits per heavy atom. The first-order valence-corrected chi connectivity index (χ1v) is 8.44. The van der Waals surface area contributed by atoms with Crippen molar-refractivity contribution in [3.8, 4) is 0 Å². The molecule has 1 aromatic carbocycles. The molecule has 1 atom stereocenters. The predicted octanol–water partition coefficient (Wildman–Crippen LogP) is 3.03. The summed E-state index contributed by atoms with van der Waals surface area (Å²) in [6, 6.07) is 5.62. The average Bonchev–Trinajstić information content (AvgIpc) is 2.53. The molecule has 3 nitrogen and oxygen atoms in total. The molecule has 0 aliphatic carbocycles. The molecule has 136 valence electrons. The molecule has 0 bridgehead atoms. The Morgan fingerprint density at radius 3 is 2.71 bits per heavy atom. The molecule has 1 N–H and O–H groups in total. The van der Waals surface area contributed by atoms with Gasteiger partial charge in [0.2, 0.25) is 0 Å². The van der Waals surface area contributed by atoms with E-state index in [0.29, 0.717) is 13.0 Å². The SMILES string of the molecule is CN1CCC[C@@](CCc2cccc(C(F)(F)F)c2)(N(C)CCO)C1. The number of β-amino-alcohol motifs (C(OH)–C–C–N with tert-alkyl or cyclic N) is 1. The Labute approximate surface area is 142 Å². The van der Waals surface area contributed by atoms with Crippen molar-refractivity contribution < 1.29 is 18.3 Å².